The van der Waals surface area contributed by atoms with E-state index in [1.807, 2.05) is 35.9 Å². The number of piperazine rings is 1. The zero-order valence-electron chi connectivity index (χ0n) is 21.6. The Labute approximate surface area is 215 Å². The summed E-state index contributed by atoms with van der Waals surface area (Å²) in [5.41, 5.74) is 4.95. The lowest BCUT2D eigenvalue weighted by Crippen LogP contribution is -2.55. The highest BCUT2D eigenvalue weighted by atomic mass is 16.3. The number of aryl methyl sites for hydroxylation is 1. The number of amides is 1. The predicted octanol–water partition coefficient (Wildman–Crippen LogP) is 2.74. The molecule has 4 aromatic rings. The Morgan fingerprint density at radius 3 is 2.54 bits per heavy atom. The van der Waals surface area contributed by atoms with E-state index in [1.54, 1.807) is 29.0 Å². The summed E-state index contributed by atoms with van der Waals surface area (Å²) < 4.78 is 3.73. The molecule has 1 saturated heterocycles. The number of carbonyl (C=O) groups is 1. The van der Waals surface area contributed by atoms with Crippen LogP contribution in [0.15, 0.2) is 59.7 Å². The Hall–Kier alpha value is -3.98. The van der Waals surface area contributed by atoms with E-state index in [4.69, 9.17) is 0 Å². The molecule has 1 amide bonds. The highest BCUT2D eigenvalue weighted by molar-refractivity contribution is 5.84. The van der Waals surface area contributed by atoms with E-state index in [2.05, 4.69) is 46.9 Å². The summed E-state index contributed by atoms with van der Waals surface area (Å²) in [5.74, 6) is 0.354. The van der Waals surface area contributed by atoms with Gasteiger partial charge in [0.05, 0.1) is 16.9 Å². The molecule has 37 heavy (non-hydrogen) atoms. The lowest BCUT2D eigenvalue weighted by atomic mass is 10.0. The molecule has 2 aromatic heterocycles. The molecule has 0 spiro atoms. The molecule has 0 bridgehead atoms. The number of carbonyl (C=O) groups excluding carboxylic acids is 1. The van der Waals surface area contributed by atoms with E-state index in [-0.39, 0.29) is 23.6 Å². The van der Waals surface area contributed by atoms with E-state index >= 15 is 0 Å². The van der Waals surface area contributed by atoms with Crippen LogP contribution in [0.25, 0.3) is 22.0 Å². The molecule has 0 saturated carbocycles. The van der Waals surface area contributed by atoms with Crippen LogP contribution in [0, 0.1) is 6.92 Å². The molecular formula is C28H32N6O3. The molecule has 1 N–H and O–H groups in total. The fourth-order valence-electron chi connectivity index (χ4n) is 5.29. The summed E-state index contributed by atoms with van der Waals surface area (Å²) >= 11 is 0. The fourth-order valence-corrected chi connectivity index (χ4v) is 5.29. The summed E-state index contributed by atoms with van der Waals surface area (Å²) in [6, 6.07) is 14.1. The van der Waals surface area contributed by atoms with E-state index in [1.165, 1.54) is 5.56 Å². The molecule has 0 radical (unpaired) electrons. The van der Waals surface area contributed by atoms with Gasteiger partial charge >= 0.3 is 0 Å². The van der Waals surface area contributed by atoms with E-state index < -0.39 is 6.61 Å². The fraction of sp³-hybridized carbons (Fsp3) is 0.357. The topological polar surface area (TPSA) is 96.5 Å². The zero-order valence-corrected chi connectivity index (χ0v) is 21.6. The minimum absolute atomic E-state index is 0.0256. The van der Waals surface area contributed by atoms with Crippen molar-refractivity contribution in [3.8, 4) is 11.1 Å². The Bertz CT molecular complexity index is 1510. The maximum Gasteiger partial charge on any atom is 0.274 e. The number of hydrogen-bond donors (Lipinski definition) is 1. The van der Waals surface area contributed by atoms with Gasteiger partial charge in [0.1, 0.15) is 6.61 Å². The molecular weight excluding hydrogens is 468 g/mol. The number of aromatic nitrogens is 4. The number of fused-ring (bicyclic) bond motifs is 1. The molecule has 2 aromatic carbocycles. The first-order valence-electron chi connectivity index (χ1n) is 12.5. The monoisotopic (exact) mass is 500 g/mol. The van der Waals surface area contributed by atoms with Crippen molar-refractivity contribution in [2.45, 2.75) is 32.9 Å². The van der Waals surface area contributed by atoms with Crippen LogP contribution in [0.3, 0.4) is 0 Å². The first-order chi connectivity index (χ1) is 17.8. The van der Waals surface area contributed by atoms with Gasteiger partial charge in [0.2, 0.25) is 11.9 Å². The lowest BCUT2D eigenvalue weighted by molar-refractivity contribution is -0.136. The molecule has 1 aliphatic heterocycles. The first kappa shape index (κ1) is 24.7. The second kappa shape index (κ2) is 9.82. The van der Waals surface area contributed by atoms with Crippen LogP contribution in [0.4, 0.5) is 5.95 Å². The Morgan fingerprint density at radius 2 is 1.86 bits per heavy atom. The van der Waals surface area contributed by atoms with Crippen LogP contribution in [-0.4, -0.2) is 67.5 Å². The highest BCUT2D eigenvalue weighted by Gasteiger charge is 2.28. The maximum atomic E-state index is 13.0. The van der Waals surface area contributed by atoms with E-state index in [0.717, 1.165) is 22.2 Å². The van der Waals surface area contributed by atoms with Crippen molar-refractivity contribution in [2.75, 3.05) is 31.1 Å². The Kier molecular flexibility index (Phi) is 6.55. The van der Waals surface area contributed by atoms with E-state index in [9.17, 15) is 14.7 Å². The second-order valence-corrected chi connectivity index (χ2v) is 9.81. The predicted molar refractivity (Wildman–Crippen MR) is 144 cm³/mol. The lowest BCUT2D eigenvalue weighted by Gasteiger charge is -2.39. The van der Waals surface area contributed by atoms with Gasteiger partial charge in [-0.25, -0.2) is 9.97 Å². The van der Waals surface area contributed by atoms with Gasteiger partial charge in [0.25, 0.3) is 5.56 Å². The van der Waals surface area contributed by atoms with Gasteiger partial charge in [-0.1, -0.05) is 35.9 Å². The quantitative estimate of drug-likeness (QED) is 0.453. The van der Waals surface area contributed by atoms with Crippen LogP contribution in [0.2, 0.25) is 0 Å². The van der Waals surface area contributed by atoms with Gasteiger partial charge in [-0.05, 0) is 44.0 Å². The summed E-state index contributed by atoms with van der Waals surface area (Å²) in [5, 5.41) is 9.85. The number of benzene rings is 2. The van der Waals surface area contributed by atoms with Gasteiger partial charge in [-0.3, -0.25) is 19.0 Å². The molecule has 0 aliphatic carbocycles. The number of anilines is 1. The Morgan fingerprint density at radius 1 is 1.11 bits per heavy atom. The second-order valence-electron chi connectivity index (χ2n) is 9.81. The van der Waals surface area contributed by atoms with Gasteiger partial charge in [-0.15, -0.1) is 0 Å². The minimum atomic E-state index is -0.473. The number of rotatable bonds is 5. The molecule has 5 rings (SSSR count). The molecule has 3 heterocycles. The summed E-state index contributed by atoms with van der Waals surface area (Å²) in [4.78, 5) is 37.9. The van der Waals surface area contributed by atoms with Crippen molar-refractivity contribution in [3.05, 3.63) is 76.3 Å². The zero-order chi connectivity index (χ0) is 26.3. The highest BCUT2D eigenvalue weighted by Crippen LogP contribution is 2.28. The summed E-state index contributed by atoms with van der Waals surface area (Å²) in [6.07, 6.45) is 3.60. The van der Waals surface area contributed by atoms with Gasteiger partial charge < -0.3 is 14.9 Å². The minimum Gasteiger partial charge on any atom is -0.387 e. The first-order valence-corrected chi connectivity index (χ1v) is 12.5. The van der Waals surface area contributed by atoms with Crippen LogP contribution in [0.1, 0.15) is 31.0 Å². The van der Waals surface area contributed by atoms with Crippen molar-refractivity contribution < 1.29 is 9.90 Å². The van der Waals surface area contributed by atoms with Crippen LogP contribution in [0.5, 0.6) is 0 Å². The van der Waals surface area contributed by atoms with Gasteiger partial charge in [-0.2, -0.15) is 0 Å². The number of aliphatic hydroxyl groups excluding tert-OH is 1. The summed E-state index contributed by atoms with van der Waals surface area (Å²) in [7, 11) is 1.81. The third-order valence-electron chi connectivity index (χ3n) is 7.32. The van der Waals surface area contributed by atoms with Crippen molar-refractivity contribution in [3.63, 3.8) is 0 Å². The van der Waals surface area contributed by atoms with Crippen molar-refractivity contribution >= 4 is 22.8 Å². The number of nitrogens with zero attached hydrogens (tertiary/aromatic N) is 6. The van der Waals surface area contributed by atoms with Gasteiger partial charge in [0.15, 0.2) is 0 Å². The number of hydrogen-bond acceptors (Lipinski definition) is 6. The van der Waals surface area contributed by atoms with Crippen molar-refractivity contribution in [2.24, 2.45) is 7.05 Å². The SMILES string of the molecule is Cc1cccc([C@H](C)n2c3cc(-c4cnc(N5CCN(C(=O)CO)[C@H](C)C5)nc4)ccc3c(=O)n2C)c1. The standard InChI is InChI=1S/C28H32N6O3/c1-18-6-5-7-21(12-18)20(3)34-25-13-22(8-9-24(25)27(37)31(34)4)23-14-29-28(30-15-23)32-10-11-33(19(2)16-32)26(36)17-35/h5-9,12-15,19-20,35H,10-11,16-17H2,1-4H3/t19-,20+/m1/s1. The van der Waals surface area contributed by atoms with Gasteiger partial charge in [0, 0.05) is 50.7 Å². The van der Waals surface area contributed by atoms with E-state index in [0.29, 0.717) is 31.0 Å². The average molecular weight is 501 g/mol. The van der Waals surface area contributed by atoms with Crippen LogP contribution >= 0.6 is 0 Å². The van der Waals surface area contributed by atoms with Crippen LogP contribution in [-0.2, 0) is 11.8 Å². The largest absolute Gasteiger partial charge is 0.387 e. The molecule has 0 unspecified atom stereocenters. The number of aliphatic hydroxyl groups is 1. The van der Waals surface area contributed by atoms with Crippen LogP contribution < -0.4 is 10.5 Å². The molecule has 2 atom stereocenters. The molecule has 1 aliphatic rings. The smallest absolute Gasteiger partial charge is 0.274 e. The average Bonchev–Trinajstić information content (AvgIpc) is 3.16. The van der Waals surface area contributed by atoms with Crippen molar-refractivity contribution in [1.29, 1.82) is 0 Å². The summed E-state index contributed by atoms with van der Waals surface area (Å²) in [6.45, 7) is 7.39. The third-order valence-corrected chi connectivity index (χ3v) is 7.32. The Balaban J connectivity index is 1.44. The molecule has 9 nitrogen and oxygen atoms in total. The molecule has 1 fully saturated rings. The maximum absolute atomic E-state index is 13.0. The normalized spacial score (nSPS) is 16.8. The molecule has 192 valence electrons. The van der Waals surface area contributed by atoms with Crippen molar-refractivity contribution in [1.82, 2.24) is 24.2 Å². The third kappa shape index (κ3) is 4.51. The molecule has 9 heteroatoms.